The van der Waals surface area contributed by atoms with Gasteiger partial charge in [0.15, 0.2) is 32.8 Å². The highest BCUT2D eigenvalue weighted by atomic mass is 32.2. The van der Waals surface area contributed by atoms with Gasteiger partial charge in [0.25, 0.3) is 0 Å². The molecule has 4 saturated heterocycles. The van der Waals surface area contributed by atoms with Gasteiger partial charge in [-0.05, 0) is 104 Å². The van der Waals surface area contributed by atoms with E-state index in [0.717, 1.165) is 55.2 Å². The van der Waals surface area contributed by atoms with Crippen molar-refractivity contribution in [2.24, 2.45) is 11.8 Å². The van der Waals surface area contributed by atoms with Crippen LogP contribution in [-0.2, 0) is 47.1 Å². The molecule has 5 rings (SSSR count). The van der Waals surface area contributed by atoms with Crippen molar-refractivity contribution in [3.05, 3.63) is 54.1 Å². The summed E-state index contributed by atoms with van der Waals surface area (Å²) in [4.78, 5) is 0.308. The van der Waals surface area contributed by atoms with Gasteiger partial charge in [0.2, 0.25) is 0 Å². The molecular weight excluding hydrogens is 825 g/mol. The van der Waals surface area contributed by atoms with Gasteiger partial charge in [-0.1, -0.05) is 79.3 Å². The van der Waals surface area contributed by atoms with Gasteiger partial charge in [0.05, 0.1) is 79.3 Å². The number of methoxy groups -OCH3 is 1. The summed E-state index contributed by atoms with van der Waals surface area (Å²) in [5, 5.41) is 0.0172. The van der Waals surface area contributed by atoms with E-state index in [0.29, 0.717) is 37.6 Å². The van der Waals surface area contributed by atoms with Crippen molar-refractivity contribution in [2.75, 3.05) is 32.7 Å². The summed E-state index contributed by atoms with van der Waals surface area (Å²) in [7, 11) is -6.38. The van der Waals surface area contributed by atoms with Crippen molar-refractivity contribution in [1.82, 2.24) is 0 Å². The zero-order valence-electron chi connectivity index (χ0n) is 40.1. The summed E-state index contributed by atoms with van der Waals surface area (Å²) in [5.41, 5.74) is 3.17. The van der Waals surface area contributed by atoms with Crippen LogP contribution in [0.5, 0.6) is 0 Å². The predicted molar refractivity (Wildman–Crippen MR) is 249 cm³/mol. The predicted octanol–water partition coefficient (Wildman–Crippen LogP) is 10.4. The Bertz CT molecular complexity index is 1710. The molecule has 0 spiro atoms. The van der Waals surface area contributed by atoms with E-state index >= 15 is 0 Å². The molecule has 13 heteroatoms. The fourth-order valence-electron chi connectivity index (χ4n) is 8.77. The van der Waals surface area contributed by atoms with E-state index in [-0.39, 0.29) is 58.6 Å². The minimum absolute atomic E-state index is 0.00116. The number of hydrogen-bond donors (Lipinski definition) is 0. The average Bonchev–Trinajstić information content (AvgIpc) is 3.88. The lowest BCUT2D eigenvalue weighted by Gasteiger charge is -2.42. The van der Waals surface area contributed by atoms with Crippen LogP contribution in [0.3, 0.4) is 0 Å². The molecule has 1 unspecified atom stereocenters. The van der Waals surface area contributed by atoms with Gasteiger partial charge < -0.3 is 37.3 Å². The molecule has 10 atom stereocenters. The molecule has 0 bridgehead atoms. The standard InChI is InChI=1S/C48H82O10SSi2/c1-32-16-20-39(21-17-32)59(49,50)31-40-43(57-44(46(40)51-11)28-38(58-61(14,15)48(8,9)10)30-54-60(12,13)47(5,6)7)29-42-35(4)33(2)26-36(56-42)18-22-41-34(3)27-37(55-41)19-23-45-52-24-25-53-45/h16-17,20-21,33,36-38,40-46H,3-4,18-19,22-31H2,1-2,5-15H3/t33?,36-,37-,38-,40-,41-,42+,43-,44+,46-/m0/s1. The van der Waals surface area contributed by atoms with Gasteiger partial charge in [0, 0.05) is 32.3 Å². The minimum atomic E-state index is -3.70. The number of aryl methyl sites for hydroxylation is 1. The van der Waals surface area contributed by atoms with Crippen LogP contribution in [0.1, 0.15) is 105 Å². The van der Waals surface area contributed by atoms with E-state index in [2.05, 4.69) is 87.8 Å². The Labute approximate surface area is 372 Å². The lowest BCUT2D eigenvalue weighted by molar-refractivity contribution is -0.0791. The number of sulfone groups is 1. The van der Waals surface area contributed by atoms with Gasteiger partial charge in [-0.2, -0.15) is 0 Å². The van der Waals surface area contributed by atoms with Crippen LogP contribution < -0.4 is 0 Å². The lowest BCUT2D eigenvalue weighted by Crippen LogP contribution is -2.49. The number of ether oxygens (including phenoxy) is 6. The fraction of sp³-hybridized carbons (Fsp3) is 0.792. The number of rotatable bonds is 19. The van der Waals surface area contributed by atoms with E-state index in [1.165, 1.54) is 0 Å². The van der Waals surface area contributed by atoms with Crippen molar-refractivity contribution in [3.8, 4) is 0 Å². The Kier molecular flexibility index (Phi) is 17.1. The third kappa shape index (κ3) is 13.2. The second-order valence-corrected chi connectivity index (χ2v) is 33.2. The van der Waals surface area contributed by atoms with Gasteiger partial charge in [-0.15, -0.1) is 0 Å². The average molecular weight is 907 g/mol. The smallest absolute Gasteiger partial charge is 0.192 e. The first-order valence-electron chi connectivity index (χ1n) is 23.0. The van der Waals surface area contributed by atoms with Crippen LogP contribution in [0, 0.1) is 18.8 Å². The van der Waals surface area contributed by atoms with Gasteiger partial charge in [-0.3, -0.25) is 0 Å². The summed E-state index contributed by atoms with van der Waals surface area (Å²) in [6.07, 6.45) is 4.20. The normalized spacial score (nSPS) is 30.4. The summed E-state index contributed by atoms with van der Waals surface area (Å²) < 4.78 is 80.6. The second-order valence-electron chi connectivity index (χ2n) is 21.6. The van der Waals surface area contributed by atoms with Gasteiger partial charge in [0.1, 0.15) is 0 Å². The van der Waals surface area contributed by atoms with Crippen LogP contribution >= 0.6 is 0 Å². The largest absolute Gasteiger partial charge is 0.414 e. The summed E-state index contributed by atoms with van der Waals surface area (Å²) in [6, 6.07) is 7.12. The number of hydrogen-bond acceptors (Lipinski definition) is 10. The monoisotopic (exact) mass is 907 g/mol. The second kappa shape index (κ2) is 20.5. The molecule has 0 saturated carbocycles. The molecule has 348 valence electrons. The van der Waals surface area contributed by atoms with Crippen LogP contribution in [0.15, 0.2) is 53.5 Å². The Hall–Kier alpha value is -1.24. The molecule has 4 heterocycles. The minimum Gasteiger partial charge on any atom is -0.414 e. The Morgan fingerprint density at radius 3 is 2.03 bits per heavy atom. The fourth-order valence-corrected chi connectivity index (χ4v) is 12.8. The maximum Gasteiger partial charge on any atom is 0.192 e. The molecule has 61 heavy (non-hydrogen) atoms. The zero-order valence-corrected chi connectivity index (χ0v) is 42.9. The van der Waals surface area contributed by atoms with E-state index in [1.807, 2.05) is 19.1 Å². The van der Waals surface area contributed by atoms with Crippen molar-refractivity contribution in [2.45, 2.75) is 203 Å². The summed E-state index contributed by atoms with van der Waals surface area (Å²) >= 11 is 0. The quantitative estimate of drug-likeness (QED) is 0.0984. The molecule has 0 radical (unpaired) electrons. The molecule has 0 aromatic heterocycles. The Morgan fingerprint density at radius 1 is 0.820 bits per heavy atom. The first kappa shape index (κ1) is 50.8. The van der Waals surface area contributed by atoms with Crippen LogP contribution in [0.25, 0.3) is 0 Å². The Morgan fingerprint density at radius 2 is 1.43 bits per heavy atom. The third-order valence-electron chi connectivity index (χ3n) is 14.8. The van der Waals surface area contributed by atoms with Crippen LogP contribution in [0.4, 0.5) is 0 Å². The number of benzene rings is 1. The van der Waals surface area contributed by atoms with Crippen molar-refractivity contribution >= 4 is 26.5 Å². The van der Waals surface area contributed by atoms with E-state index in [4.69, 9.17) is 37.3 Å². The first-order chi connectivity index (χ1) is 28.3. The highest BCUT2D eigenvalue weighted by Crippen LogP contribution is 2.44. The molecule has 0 aliphatic carbocycles. The third-order valence-corrected chi connectivity index (χ3v) is 25.7. The summed E-state index contributed by atoms with van der Waals surface area (Å²) in [5.74, 6) is -0.324. The molecule has 4 fully saturated rings. The SMILES string of the molecule is C=C1C[C@H](CCC2OCCO2)O[C@H]1CC[C@H]1CC(C)C(=C)[C@@H](C[C@@H]2O[C@H](C[C@@H](CO[Si](C)(C)C(C)(C)C)O[Si](C)(C)C(C)(C)C)[C@@H](OC)[C@H]2CS(=O)(=O)c2ccc(C)cc2)O1. The van der Waals surface area contributed by atoms with Gasteiger partial charge in [-0.25, -0.2) is 8.42 Å². The van der Waals surface area contributed by atoms with Crippen molar-refractivity contribution < 1.29 is 45.7 Å². The van der Waals surface area contributed by atoms with E-state index < -0.39 is 50.7 Å². The van der Waals surface area contributed by atoms with Crippen molar-refractivity contribution in [1.29, 1.82) is 0 Å². The maximum atomic E-state index is 14.2. The molecule has 1 aromatic carbocycles. The molecule has 4 aliphatic rings. The molecule has 10 nitrogen and oxygen atoms in total. The summed E-state index contributed by atoms with van der Waals surface area (Å²) in [6.45, 7) is 37.4. The molecular formula is C48H82O10SSi2. The Balaban J connectivity index is 1.35. The van der Waals surface area contributed by atoms with Crippen molar-refractivity contribution in [3.63, 3.8) is 0 Å². The van der Waals surface area contributed by atoms with E-state index in [9.17, 15) is 8.42 Å². The maximum absolute atomic E-state index is 14.2. The molecule has 4 aliphatic heterocycles. The van der Waals surface area contributed by atoms with Crippen LogP contribution in [0.2, 0.25) is 36.3 Å². The van der Waals surface area contributed by atoms with Crippen LogP contribution in [-0.4, -0.2) is 113 Å². The van der Waals surface area contributed by atoms with Gasteiger partial charge >= 0.3 is 0 Å². The lowest BCUT2D eigenvalue weighted by atomic mass is 9.83. The highest BCUT2D eigenvalue weighted by Gasteiger charge is 2.50. The molecule has 0 N–H and O–H groups in total. The first-order valence-corrected chi connectivity index (χ1v) is 30.5. The van der Waals surface area contributed by atoms with E-state index in [1.54, 1.807) is 19.2 Å². The topological polar surface area (TPSA) is 108 Å². The zero-order chi connectivity index (χ0) is 45.1. The molecule has 0 amide bonds. The molecule has 1 aromatic rings. The highest BCUT2D eigenvalue weighted by molar-refractivity contribution is 7.91.